The van der Waals surface area contributed by atoms with Crippen LogP contribution in [0.1, 0.15) is 57.8 Å². The van der Waals surface area contributed by atoms with E-state index >= 15 is 0 Å². The molecule has 0 aromatic heterocycles. The summed E-state index contributed by atoms with van der Waals surface area (Å²) in [5.74, 6) is 0.952. The van der Waals surface area contributed by atoms with Crippen LogP contribution in [0.3, 0.4) is 0 Å². The number of phosphoric ester groups is 1. The molecule has 0 N–H and O–H groups in total. The summed E-state index contributed by atoms with van der Waals surface area (Å²) in [6, 6.07) is 17.9. The van der Waals surface area contributed by atoms with Crippen molar-refractivity contribution >= 4 is 16.1 Å². The number of para-hydroxylation sites is 2. The lowest BCUT2D eigenvalue weighted by Crippen LogP contribution is -2.28. The van der Waals surface area contributed by atoms with E-state index in [9.17, 15) is 9.13 Å². The lowest BCUT2D eigenvalue weighted by atomic mass is 9.95. The van der Waals surface area contributed by atoms with Crippen molar-refractivity contribution in [1.29, 1.82) is 0 Å². The molecule has 0 radical (unpaired) electrons. The van der Waals surface area contributed by atoms with Crippen LogP contribution in [0.2, 0.25) is 0 Å². The van der Waals surface area contributed by atoms with Gasteiger partial charge < -0.3 is 9.05 Å². The predicted octanol–water partition coefficient (Wildman–Crippen LogP) is 7.34. The molecule has 2 aromatic carbocycles. The van der Waals surface area contributed by atoms with Crippen molar-refractivity contribution in [2.24, 2.45) is 0 Å². The van der Waals surface area contributed by atoms with Crippen molar-refractivity contribution < 1.29 is 31.7 Å². The van der Waals surface area contributed by atoms with E-state index in [1.807, 2.05) is 36.4 Å². The average Bonchev–Trinajstić information content (AvgIpc) is 2.81. The van der Waals surface area contributed by atoms with Crippen LogP contribution in [0.15, 0.2) is 60.7 Å². The summed E-state index contributed by atoms with van der Waals surface area (Å²) in [7, 11) is -6.56. The van der Waals surface area contributed by atoms with Gasteiger partial charge >= 0.3 is 16.1 Å². The smallest absolute Gasteiger partial charge is 0.426 e. The van der Waals surface area contributed by atoms with E-state index in [0.717, 1.165) is 44.9 Å². The Kier molecular flexibility index (Phi) is 9.05. The molecule has 2 saturated carbocycles. The lowest BCUT2D eigenvalue weighted by molar-refractivity contribution is 0.0245. The van der Waals surface area contributed by atoms with Crippen LogP contribution < -0.4 is 9.05 Å². The molecule has 0 bridgehead atoms. The van der Waals surface area contributed by atoms with Crippen molar-refractivity contribution in [3.8, 4) is 11.5 Å². The summed E-state index contributed by atoms with van der Waals surface area (Å²) >= 11 is 0. The highest BCUT2D eigenvalue weighted by Crippen LogP contribution is 2.54. The Morgan fingerprint density at radius 1 is 0.697 bits per heavy atom. The summed E-state index contributed by atoms with van der Waals surface area (Å²) in [6.07, 6.45) is 6.81. The molecule has 0 amide bonds. The minimum atomic E-state index is -3.85. The van der Waals surface area contributed by atoms with Crippen LogP contribution in [0.4, 0.5) is 0 Å². The third-order valence-electron chi connectivity index (χ3n) is 5.85. The van der Waals surface area contributed by atoms with E-state index in [2.05, 4.69) is 0 Å². The first-order valence-electron chi connectivity index (χ1n) is 11.7. The molecule has 0 aliphatic heterocycles. The average molecular weight is 494 g/mol. The van der Waals surface area contributed by atoms with Gasteiger partial charge in [0.1, 0.15) is 11.5 Å². The molecule has 9 heteroatoms. The Bertz CT molecular complexity index is 919. The van der Waals surface area contributed by atoms with Gasteiger partial charge in [0.2, 0.25) is 0 Å². The second kappa shape index (κ2) is 12.2. The third-order valence-corrected chi connectivity index (χ3v) is 8.33. The van der Waals surface area contributed by atoms with E-state index in [1.54, 1.807) is 24.3 Å². The molecule has 33 heavy (non-hydrogen) atoms. The number of hydrogen-bond donors (Lipinski definition) is 0. The van der Waals surface area contributed by atoms with Crippen molar-refractivity contribution in [1.82, 2.24) is 0 Å². The highest BCUT2D eigenvalue weighted by atomic mass is 31.2. The van der Waals surface area contributed by atoms with Crippen molar-refractivity contribution in [3.05, 3.63) is 60.7 Å². The molecule has 0 saturated heterocycles. The first kappa shape index (κ1) is 24.5. The summed E-state index contributed by atoms with van der Waals surface area (Å²) < 4.78 is 54.9. The Labute approximate surface area is 196 Å². The van der Waals surface area contributed by atoms with E-state index in [0.29, 0.717) is 24.3 Å². The molecule has 180 valence electrons. The molecule has 4 unspecified atom stereocenters. The van der Waals surface area contributed by atoms with Crippen LogP contribution in [-0.2, 0) is 22.7 Å². The van der Waals surface area contributed by atoms with E-state index < -0.39 is 16.1 Å². The predicted molar refractivity (Wildman–Crippen MR) is 127 cm³/mol. The monoisotopic (exact) mass is 494 g/mol. The summed E-state index contributed by atoms with van der Waals surface area (Å²) in [4.78, 5) is 0. The SMILES string of the molecule is O=[PH](Oc1ccccc1)OC1CCCC(OP(=O)(Oc2ccccc2)OC2CCCCC2)C1. The molecule has 0 heterocycles. The maximum absolute atomic E-state index is 13.7. The highest BCUT2D eigenvalue weighted by molar-refractivity contribution is 7.49. The third kappa shape index (κ3) is 7.98. The Balaban J connectivity index is 1.37. The van der Waals surface area contributed by atoms with Crippen molar-refractivity contribution in [2.45, 2.75) is 76.1 Å². The van der Waals surface area contributed by atoms with Gasteiger partial charge in [0.05, 0.1) is 18.3 Å². The van der Waals surface area contributed by atoms with Crippen LogP contribution in [0.25, 0.3) is 0 Å². The summed E-state index contributed by atoms with van der Waals surface area (Å²) in [5.41, 5.74) is 0. The van der Waals surface area contributed by atoms with Gasteiger partial charge in [0.25, 0.3) is 0 Å². The van der Waals surface area contributed by atoms with Gasteiger partial charge in [-0.25, -0.2) is 9.13 Å². The first-order chi connectivity index (χ1) is 16.1. The van der Waals surface area contributed by atoms with Gasteiger partial charge in [-0.2, -0.15) is 0 Å². The molecule has 2 fully saturated rings. The molecule has 2 aromatic rings. The van der Waals surface area contributed by atoms with E-state index in [-0.39, 0.29) is 18.3 Å². The fraction of sp³-hybridized carbons (Fsp3) is 0.500. The van der Waals surface area contributed by atoms with Gasteiger partial charge in [-0.05, 0) is 56.4 Å². The normalized spacial score (nSPS) is 24.5. The largest absolute Gasteiger partial charge is 0.530 e. The minimum Gasteiger partial charge on any atom is -0.426 e. The number of rotatable bonds is 10. The van der Waals surface area contributed by atoms with Gasteiger partial charge in [0, 0.05) is 6.42 Å². The zero-order valence-corrected chi connectivity index (χ0v) is 20.6. The second-order valence-corrected chi connectivity index (χ2v) is 11.0. The number of hydrogen-bond acceptors (Lipinski definition) is 7. The molecule has 4 rings (SSSR count). The zero-order valence-electron chi connectivity index (χ0n) is 18.7. The Morgan fingerprint density at radius 3 is 1.97 bits per heavy atom. The van der Waals surface area contributed by atoms with Crippen LogP contribution in [-0.4, -0.2) is 18.3 Å². The van der Waals surface area contributed by atoms with Crippen LogP contribution in [0, 0.1) is 0 Å². The maximum atomic E-state index is 13.7. The molecule has 2 aliphatic carbocycles. The maximum Gasteiger partial charge on any atom is 0.530 e. The van der Waals surface area contributed by atoms with E-state index in [1.165, 1.54) is 0 Å². The molecule has 0 spiro atoms. The summed E-state index contributed by atoms with van der Waals surface area (Å²) in [6.45, 7) is 0. The minimum absolute atomic E-state index is 0.139. The zero-order chi connectivity index (χ0) is 22.9. The number of benzene rings is 2. The molecular formula is C24H32O7P2. The molecule has 4 atom stereocenters. The highest BCUT2D eigenvalue weighted by Gasteiger charge is 2.38. The number of phosphoric acid groups is 1. The van der Waals surface area contributed by atoms with Crippen molar-refractivity contribution in [2.75, 3.05) is 0 Å². The van der Waals surface area contributed by atoms with Gasteiger partial charge in [-0.3, -0.25) is 13.6 Å². The fourth-order valence-corrected chi connectivity index (χ4v) is 6.77. The molecular weight excluding hydrogens is 462 g/mol. The van der Waals surface area contributed by atoms with Crippen molar-refractivity contribution in [3.63, 3.8) is 0 Å². The first-order valence-corrected chi connectivity index (χ1v) is 14.4. The Hall–Kier alpha value is -1.62. The molecule has 2 aliphatic rings. The standard InChI is InChI=1S/C24H32O7P2/c25-32(27-20-11-4-1-5-12-20)28-23-17-10-18-24(19-23)31-33(26,29-21-13-6-2-7-14-21)30-22-15-8-3-9-16-22/h1-2,4-7,11-14,22-24,32H,3,8-10,15-19H2. The van der Waals surface area contributed by atoms with Gasteiger partial charge in [-0.15, -0.1) is 0 Å². The quantitative estimate of drug-likeness (QED) is 0.320. The summed E-state index contributed by atoms with van der Waals surface area (Å²) in [5, 5.41) is 0. The van der Waals surface area contributed by atoms with Gasteiger partial charge in [0.15, 0.2) is 0 Å². The van der Waals surface area contributed by atoms with Crippen LogP contribution >= 0.6 is 16.1 Å². The fourth-order valence-electron chi connectivity index (χ4n) is 4.26. The van der Waals surface area contributed by atoms with E-state index in [4.69, 9.17) is 22.6 Å². The van der Waals surface area contributed by atoms with Crippen LogP contribution in [0.5, 0.6) is 11.5 Å². The Morgan fingerprint density at radius 2 is 1.27 bits per heavy atom. The molecule has 7 nitrogen and oxygen atoms in total. The topological polar surface area (TPSA) is 80.3 Å². The van der Waals surface area contributed by atoms with Gasteiger partial charge in [-0.1, -0.05) is 55.7 Å². The lowest BCUT2D eigenvalue weighted by Gasteiger charge is -2.32. The second-order valence-electron chi connectivity index (χ2n) is 8.52.